The number of amides is 1. The molecule has 1 saturated heterocycles. The molecule has 1 aromatic heterocycles. The molecule has 0 aliphatic carbocycles. The smallest absolute Gasteiger partial charge is 0.301 e. The molecule has 6 rings (SSSR count). The summed E-state index contributed by atoms with van der Waals surface area (Å²) in [4.78, 5) is 28.9. The van der Waals surface area contributed by atoms with E-state index < -0.39 is 17.7 Å². The van der Waals surface area contributed by atoms with Crippen LogP contribution in [0.4, 0.5) is 5.13 Å². The van der Waals surface area contributed by atoms with E-state index in [1.807, 2.05) is 38.1 Å². The predicted octanol–water partition coefficient (Wildman–Crippen LogP) is 7.40. The summed E-state index contributed by atoms with van der Waals surface area (Å²) in [7, 11) is 0. The summed E-state index contributed by atoms with van der Waals surface area (Å²) in [6.07, 6.45) is 2.29. The minimum absolute atomic E-state index is 0.000768. The number of aliphatic hydroxyl groups is 1. The third-order valence-corrected chi connectivity index (χ3v) is 9.94. The Morgan fingerprint density at radius 2 is 1.98 bits per heavy atom. The summed E-state index contributed by atoms with van der Waals surface area (Å²) in [6.45, 7) is 8.13. The van der Waals surface area contributed by atoms with E-state index in [2.05, 4.69) is 16.8 Å². The zero-order chi connectivity index (χ0) is 32.4. The molecule has 2 atom stereocenters. The highest BCUT2D eigenvalue weighted by molar-refractivity contribution is 8.00. The zero-order valence-electron chi connectivity index (χ0n) is 25.1. The molecule has 12 heteroatoms. The summed E-state index contributed by atoms with van der Waals surface area (Å²) < 4.78 is 18.1. The van der Waals surface area contributed by atoms with Crippen LogP contribution in [0.15, 0.2) is 83.2 Å². The minimum Gasteiger partial charge on any atom is -0.507 e. The number of anilines is 1. The Kier molecular flexibility index (Phi) is 9.34. The van der Waals surface area contributed by atoms with Crippen LogP contribution in [0.2, 0.25) is 5.02 Å². The van der Waals surface area contributed by atoms with E-state index in [9.17, 15) is 14.7 Å². The summed E-state index contributed by atoms with van der Waals surface area (Å²) >= 11 is 8.93. The molecule has 236 valence electrons. The lowest BCUT2D eigenvalue weighted by atomic mass is 9.94. The van der Waals surface area contributed by atoms with Gasteiger partial charge in [0.05, 0.1) is 18.2 Å². The normalized spacial score (nSPS) is 18.4. The molecule has 9 nitrogen and oxygen atoms in total. The van der Waals surface area contributed by atoms with E-state index in [4.69, 9.17) is 25.8 Å². The van der Waals surface area contributed by atoms with Gasteiger partial charge >= 0.3 is 5.91 Å². The first-order valence-corrected chi connectivity index (χ1v) is 16.8. The second-order valence-corrected chi connectivity index (χ2v) is 13.2. The molecule has 3 heterocycles. The highest BCUT2D eigenvalue weighted by Gasteiger charge is 2.48. The highest BCUT2D eigenvalue weighted by Crippen LogP contribution is 2.46. The monoisotopic (exact) mass is 675 g/mol. The number of hydrogen-bond acceptors (Lipinski definition) is 10. The van der Waals surface area contributed by atoms with E-state index in [0.29, 0.717) is 50.8 Å². The molecule has 0 bridgehead atoms. The van der Waals surface area contributed by atoms with Crippen LogP contribution in [0.5, 0.6) is 17.2 Å². The number of nitrogens with zero attached hydrogens (tertiary/aromatic N) is 3. The van der Waals surface area contributed by atoms with Crippen LogP contribution in [0.25, 0.3) is 5.76 Å². The number of thioether (sulfide) groups is 1. The van der Waals surface area contributed by atoms with Crippen LogP contribution in [0.1, 0.15) is 42.1 Å². The number of hydrogen-bond donors (Lipinski definition) is 1. The van der Waals surface area contributed by atoms with Gasteiger partial charge in [-0.25, -0.2) is 0 Å². The van der Waals surface area contributed by atoms with Gasteiger partial charge in [0.25, 0.3) is 5.78 Å². The van der Waals surface area contributed by atoms with Gasteiger partial charge in [0.15, 0.2) is 15.8 Å². The van der Waals surface area contributed by atoms with Gasteiger partial charge in [-0.2, -0.15) is 0 Å². The number of benzene rings is 3. The van der Waals surface area contributed by atoms with Gasteiger partial charge in [-0.1, -0.05) is 71.6 Å². The predicted molar refractivity (Wildman–Crippen MR) is 179 cm³/mol. The van der Waals surface area contributed by atoms with Crippen LogP contribution < -0.4 is 19.1 Å². The first-order chi connectivity index (χ1) is 22.3. The molecule has 2 unspecified atom stereocenters. The molecular formula is C34H30ClN3O6S2. The van der Waals surface area contributed by atoms with Gasteiger partial charge in [-0.3, -0.25) is 14.5 Å². The molecule has 0 spiro atoms. The first-order valence-electron chi connectivity index (χ1n) is 14.6. The molecule has 3 aromatic carbocycles. The molecule has 1 amide bonds. The first kappa shape index (κ1) is 31.7. The van der Waals surface area contributed by atoms with Gasteiger partial charge < -0.3 is 19.3 Å². The average Bonchev–Trinajstić information content (AvgIpc) is 3.74. The highest BCUT2D eigenvalue weighted by atomic mass is 35.5. The number of carbonyl (C=O) groups is 2. The Morgan fingerprint density at radius 1 is 1.15 bits per heavy atom. The fraction of sp³-hybridized carbons (Fsp3) is 0.235. The number of halogens is 1. The number of rotatable bonds is 11. The molecule has 2 aliphatic rings. The lowest BCUT2D eigenvalue weighted by Gasteiger charge is -2.23. The van der Waals surface area contributed by atoms with Crippen LogP contribution >= 0.6 is 34.7 Å². The van der Waals surface area contributed by atoms with E-state index in [0.717, 1.165) is 16.9 Å². The Bertz CT molecular complexity index is 1860. The van der Waals surface area contributed by atoms with Crippen molar-refractivity contribution in [2.45, 2.75) is 42.5 Å². The molecule has 0 radical (unpaired) electrons. The maximum absolute atomic E-state index is 13.8. The number of Topliss-reactive ketones (excluding diaryl/α,β-unsaturated/α-hetero) is 1. The largest absolute Gasteiger partial charge is 0.507 e. The van der Waals surface area contributed by atoms with Crippen LogP contribution in [-0.4, -0.2) is 46.3 Å². The standard InChI is InChI=1S/C34H30ClN3O6S2/c1-4-14-43-26-13-10-20(17-27(26)42-5-2)29-28(30(39)21-11-12-25-23(16-21)15-19(3)44-25)31(40)32(41)38(29)33-36-37-34(46-33)45-18-22-8-6-7-9-24(22)35/h4,6-13,16-17,19,29,39H,1,5,14-15,18H2,2-3H3/b30-28+. The number of ketones is 1. The third-order valence-electron chi connectivity index (χ3n) is 7.46. The summed E-state index contributed by atoms with van der Waals surface area (Å²) in [5.74, 6) is 0.213. The topological polar surface area (TPSA) is 111 Å². The van der Waals surface area contributed by atoms with Crippen molar-refractivity contribution >= 4 is 57.3 Å². The lowest BCUT2D eigenvalue weighted by Crippen LogP contribution is -2.29. The van der Waals surface area contributed by atoms with Crippen molar-refractivity contribution in [2.75, 3.05) is 18.1 Å². The number of ether oxygens (including phenoxy) is 3. The number of aliphatic hydroxyl groups excluding tert-OH is 1. The van der Waals surface area contributed by atoms with E-state index >= 15 is 0 Å². The van der Waals surface area contributed by atoms with E-state index in [-0.39, 0.29) is 29.2 Å². The molecule has 46 heavy (non-hydrogen) atoms. The van der Waals surface area contributed by atoms with Crippen molar-refractivity contribution in [3.05, 3.63) is 106 Å². The van der Waals surface area contributed by atoms with Crippen molar-refractivity contribution in [1.82, 2.24) is 10.2 Å². The Balaban J connectivity index is 1.43. The van der Waals surface area contributed by atoms with Gasteiger partial charge in [0.1, 0.15) is 24.2 Å². The van der Waals surface area contributed by atoms with Crippen molar-refractivity contribution in [2.24, 2.45) is 0 Å². The zero-order valence-corrected chi connectivity index (χ0v) is 27.5. The Labute approximate surface area is 279 Å². The SMILES string of the molecule is C=CCOc1ccc(C2/C(=C(\O)c3ccc4c(c3)CC(C)O4)C(=O)C(=O)N2c2nnc(SCc3ccccc3Cl)s2)cc1OCC. The second kappa shape index (κ2) is 13.6. The van der Waals surface area contributed by atoms with Gasteiger partial charge in [-0.05, 0) is 66.9 Å². The van der Waals surface area contributed by atoms with Crippen molar-refractivity contribution < 1.29 is 28.9 Å². The Morgan fingerprint density at radius 3 is 2.76 bits per heavy atom. The number of carbonyl (C=O) groups excluding carboxylic acids is 2. The van der Waals surface area contributed by atoms with Gasteiger partial charge in [0.2, 0.25) is 5.13 Å². The van der Waals surface area contributed by atoms with Gasteiger partial charge in [-0.15, -0.1) is 10.2 Å². The van der Waals surface area contributed by atoms with E-state index in [1.54, 1.807) is 42.5 Å². The third kappa shape index (κ3) is 6.22. The van der Waals surface area contributed by atoms with Crippen molar-refractivity contribution in [1.29, 1.82) is 0 Å². The van der Waals surface area contributed by atoms with Crippen LogP contribution in [0.3, 0.4) is 0 Å². The van der Waals surface area contributed by atoms with E-state index in [1.165, 1.54) is 28.0 Å². The molecule has 0 saturated carbocycles. The Hall–Kier alpha value is -4.32. The summed E-state index contributed by atoms with van der Waals surface area (Å²) in [5, 5.41) is 21.2. The lowest BCUT2D eigenvalue weighted by molar-refractivity contribution is -0.132. The summed E-state index contributed by atoms with van der Waals surface area (Å²) in [6, 6.07) is 16.9. The minimum atomic E-state index is -1.02. The number of fused-ring (bicyclic) bond motifs is 1. The average molecular weight is 676 g/mol. The molecule has 4 aromatic rings. The summed E-state index contributed by atoms with van der Waals surface area (Å²) in [5.41, 5.74) is 2.70. The van der Waals surface area contributed by atoms with Crippen molar-refractivity contribution in [3.8, 4) is 17.2 Å². The van der Waals surface area contributed by atoms with Crippen LogP contribution in [0, 0.1) is 0 Å². The quantitative estimate of drug-likeness (QED) is 0.0434. The van der Waals surface area contributed by atoms with Crippen LogP contribution in [-0.2, 0) is 21.8 Å². The van der Waals surface area contributed by atoms with Crippen molar-refractivity contribution in [3.63, 3.8) is 0 Å². The number of aromatic nitrogens is 2. The molecular weight excluding hydrogens is 646 g/mol. The molecule has 2 aliphatic heterocycles. The fourth-order valence-corrected chi connectivity index (χ4v) is 7.57. The maximum Gasteiger partial charge on any atom is 0.301 e. The second-order valence-electron chi connectivity index (χ2n) is 10.6. The van der Waals surface area contributed by atoms with Gasteiger partial charge in [0, 0.05) is 22.8 Å². The maximum atomic E-state index is 13.8. The molecule has 1 fully saturated rings. The fourth-order valence-electron chi connectivity index (χ4n) is 5.41. The molecule has 1 N–H and O–H groups in total.